The highest BCUT2D eigenvalue weighted by atomic mass is 14.4. The molecule has 0 bridgehead atoms. The molecule has 0 spiro atoms. The highest BCUT2D eigenvalue weighted by Gasteiger charge is 2.42. The second kappa shape index (κ2) is 13.3. The van der Waals surface area contributed by atoms with Gasteiger partial charge in [0.15, 0.2) is 0 Å². The fraction of sp³-hybridized carbons (Fsp3) is 0.538. The van der Waals surface area contributed by atoms with E-state index < -0.39 is 0 Å². The summed E-state index contributed by atoms with van der Waals surface area (Å²) in [6, 6.07) is 21.8. The first-order valence-electron chi connectivity index (χ1n) is 16.4. The molecule has 0 nitrogen and oxygen atoms in total. The Labute approximate surface area is 239 Å². The number of fused-ring (bicyclic) bond motifs is 4. The molecule has 0 unspecified atom stereocenters. The molecule has 0 aromatic heterocycles. The lowest BCUT2D eigenvalue weighted by molar-refractivity contribution is 0.397. The zero-order valence-corrected chi connectivity index (χ0v) is 25.2. The normalized spacial score (nSPS) is 14.5. The molecular weight excluding hydrogens is 468 g/mol. The van der Waals surface area contributed by atoms with E-state index in [1.807, 2.05) is 0 Å². The van der Waals surface area contributed by atoms with E-state index in [0.717, 1.165) is 0 Å². The third kappa shape index (κ3) is 6.53. The van der Waals surface area contributed by atoms with Gasteiger partial charge in [0.05, 0.1) is 0 Å². The zero-order chi connectivity index (χ0) is 27.1. The maximum Gasteiger partial charge on any atom is 0.0215 e. The predicted molar refractivity (Wildman–Crippen MR) is 170 cm³/mol. The van der Waals surface area contributed by atoms with Crippen LogP contribution in [0.2, 0.25) is 0 Å². The summed E-state index contributed by atoms with van der Waals surface area (Å²) >= 11 is 0. The predicted octanol–water partition coefficient (Wildman–Crippen LogP) is 11.4. The molecule has 0 saturated carbocycles. The number of unbranched alkanes of at least 4 members (excludes halogenated alkanes) is 10. The van der Waals surface area contributed by atoms with Gasteiger partial charge in [-0.15, -0.1) is 0 Å². The number of rotatable bonds is 16. The lowest BCUT2D eigenvalue weighted by Crippen LogP contribution is -2.25. The van der Waals surface area contributed by atoms with Crippen LogP contribution in [0.5, 0.6) is 0 Å². The lowest BCUT2D eigenvalue weighted by Gasteiger charge is -2.33. The van der Waals surface area contributed by atoms with Crippen LogP contribution in [0.15, 0.2) is 54.6 Å². The summed E-state index contributed by atoms with van der Waals surface area (Å²) in [5, 5.41) is 0. The number of aryl methyl sites for hydroxylation is 5. The second-order valence-electron chi connectivity index (χ2n) is 12.9. The first-order chi connectivity index (χ1) is 19.1. The molecule has 2 aliphatic carbocycles. The van der Waals surface area contributed by atoms with E-state index in [9.17, 15) is 0 Å². The van der Waals surface area contributed by atoms with Gasteiger partial charge in [0, 0.05) is 5.41 Å². The van der Waals surface area contributed by atoms with Crippen molar-refractivity contribution < 1.29 is 0 Å². The zero-order valence-electron chi connectivity index (χ0n) is 25.2. The second-order valence-corrected chi connectivity index (χ2v) is 12.9. The van der Waals surface area contributed by atoms with E-state index in [0.29, 0.717) is 0 Å². The van der Waals surface area contributed by atoms with Gasteiger partial charge in [-0.05, 0) is 91.3 Å². The molecule has 3 aromatic carbocycles. The van der Waals surface area contributed by atoms with Gasteiger partial charge in [0.25, 0.3) is 0 Å². The molecule has 0 fully saturated rings. The Bertz CT molecular complexity index is 1180. The summed E-state index contributed by atoms with van der Waals surface area (Å²) in [6.45, 7) is 6.88. The summed E-state index contributed by atoms with van der Waals surface area (Å²) < 4.78 is 0. The van der Waals surface area contributed by atoms with Gasteiger partial charge in [-0.3, -0.25) is 0 Å². The smallest absolute Gasteiger partial charge is 0.0215 e. The fourth-order valence-electron chi connectivity index (χ4n) is 7.46. The van der Waals surface area contributed by atoms with Crippen molar-refractivity contribution in [2.75, 3.05) is 0 Å². The first-order valence-corrected chi connectivity index (χ1v) is 16.4. The topological polar surface area (TPSA) is 0 Å². The Balaban J connectivity index is 1.18. The van der Waals surface area contributed by atoms with Gasteiger partial charge >= 0.3 is 0 Å². The molecule has 0 heteroatoms. The monoisotopic (exact) mass is 520 g/mol. The summed E-state index contributed by atoms with van der Waals surface area (Å²) in [6.07, 6.45) is 23.0. The van der Waals surface area contributed by atoms with Crippen LogP contribution in [0.1, 0.15) is 136 Å². The molecule has 0 heterocycles. The van der Waals surface area contributed by atoms with E-state index in [2.05, 4.69) is 75.4 Å². The van der Waals surface area contributed by atoms with Crippen molar-refractivity contribution in [1.82, 2.24) is 0 Å². The van der Waals surface area contributed by atoms with Gasteiger partial charge in [-0.1, -0.05) is 143 Å². The van der Waals surface area contributed by atoms with Crippen molar-refractivity contribution in [3.05, 3.63) is 93.5 Å². The lowest BCUT2D eigenvalue weighted by atomic mass is 9.70. The van der Waals surface area contributed by atoms with Crippen molar-refractivity contribution in [1.29, 1.82) is 0 Å². The molecule has 0 amide bonds. The van der Waals surface area contributed by atoms with Crippen LogP contribution in [0.25, 0.3) is 11.1 Å². The van der Waals surface area contributed by atoms with Crippen LogP contribution < -0.4 is 0 Å². The quantitative estimate of drug-likeness (QED) is 0.165. The Morgan fingerprint density at radius 3 is 1.62 bits per heavy atom. The van der Waals surface area contributed by atoms with Crippen LogP contribution in [-0.4, -0.2) is 0 Å². The van der Waals surface area contributed by atoms with Crippen molar-refractivity contribution in [3.63, 3.8) is 0 Å². The van der Waals surface area contributed by atoms with E-state index in [1.54, 1.807) is 27.8 Å². The molecule has 0 saturated heterocycles. The average molecular weight is 521 g/mol. The summed E-state index contributed by atoms with van der Waals surface area (Å²) in [5.74, 6) is 0. The number of benzene rings is 3. The van der Waals surface area contributed by atoms with Crippen LogP contribution >= 0.6 is 0 Å². The Kier molecular flexibility index (Phi) is 9.65. The minimum absolute atomic E-state index is 0.211. The maximum absolute atomic E-state index is 2.54. The average Bonchev–Trinajstić information content (AvgIpc) is 3.17. The van der Waals surface area contributed by atoms with Crippen molar-refractivity contribution in [2.45, 2.75) is 135 Å². The molecule has 0 radical (unpaired) electrons. The molecule has 208 valence electrons. The molecule has 2 aliphatic rings. The summed E-state index contributed by atoms with van der Waals surface area (Å²) in [5.41, 5.74) is 14.1. The highest BCUT2D eigenvalue weighted by Crippen LogP contribution is 2.54. The maximum atomic E-state index is 2.54. The van der Waals surface area contributed by atoms with Crippen molar-refractivity contribution >= 4 is 0 Å². The Hall–Kier alpha value is -2.34. The number of hydrogen-bond donors (Lipinski definition) is 0. The van der Waals surface area contributed by atoms with E-state index in [-0.39, 0.29) is 5.41 Å². The standard InChI is InChI=1S/C39H52/c1-4-5-6-7-11-14-25-39(37-27-30(2)17-23-35(37)36-24-18-31(3)28-38(36)39)26-15-12-9-8-10-13-16-32-19-20-33-21-22-34(33)29-32/h17-20,23-24,27-29H,4-16,21-22,25-26H2,1-3H3. The minimum Gasteiger partial charge on any atom is -0.0654 e. The minimum atomic E-state index is 0.211. The van der Waals surface area contributed by atoms with Crippen LogP contribution in [-0.2, 0) is 24.7 Å². The number of hydrogen-bond acceptors (Lipinski definition) is 0. The van der Waals surface area contributed by atoms with Gasteiger partial charge < -0.3 is 0 Å². The molecule has 0 atom stereocenters. The SMILES string of the molecule is CCCCCCCCC1(CCCCCCCCc2ccc3c(c2)CC3)c2cc(C)ccc2-c2ccc(C)cc21. The van der Waals surface area contributed by atoms with Crippen LogP contribution in [0, 0.1) is 13.8 Å². The van der Waals surface area contributed by atoms with E-state index in [1.165, 1.54) is 131 Å². The largest absolute Gasteiger partial charge is 0.0654 e. The first kappa shape index (κ1) is 28.2. The molecule has 0 N–H and O–H groups in total. The van der Waals surface area contributed by atoms with Gasteiger partial charge in [0.2, 0.25) is 0 Å². The van der Waals surface area contributed by atoms with Crippen molar-refractivity contribution in [3.8, 4) is 11.1 Å². The molecule has 3 aromatic rings. The third-order valence-corrected chi connectivity index (χ3v) is 9.88. The van der Waals surface area contributed by atoms with Gasteiger partial charge in [0.1, 0.15) is 0 Å². The summed E-state index contributed by atoms with van der Waals surface area (Å²) in [4.78, 5) is 0. The van der Waals surface area contributed by atoms with Crippen molar-refractivity contribution in [2.24, 2.45) is 0 Å². The highest BCUT2D eigenvalue weighted by molar-refractivity contribution is 5.81. The molecule has 39 heavy (non-hydrogen) atoms. The fourth-order valence-corrected chi connectivity index (χ4v) is 7.46. The Morgan fingerprint density at radius 2 is 1.08 bits per heavy atom. The van der Waals surface area contributed by atoms with E-state index >= 15 is 0 Å². The molecule has 5 rings (SSSR count). The van der Waals surface area contributed by atoms with Gasteiger partial charge in [-0.25, -0.2) is 0 Å². The van der Waals surface area contributed by atoms with Crippen LogP contribution in [0.3, 0.4) is 0 Å². The Morgan fingerprint density at radius 1 is 0.538 bits per heavy atom. The third-order valence-electron chi connectivity index (χ3n) is 9.88. The van der Waals surface area contributed by atoms with Gasteiger partial charge in [-0.2, -0.15) is 0 Å². The van der Waals surface area contributed by atoms with Crippen LogP contribution in [0.4, 0.5) is 0 Å². The summed E-state index contributed by atoms with van der Waals surface area (Å²) in [7, 11) is 0. The molecular formula is C39H52. The molecule has 0 aliphatic heterocycles. The van der Waals surface area contributed by atoms with E-state index in [4.69, 9.17) is 0 Å².